The van der Waals surface area contributed by atoms with Crippen molar-refractivity contribution in [3.05, 3.63) is 23.8 Å². The molecule has 4 aliphatic rings. The van der Waals surface area contributed by atoms with Crippen molar-refractivity contribution in [3.8, 4) is 0 Å². The SMILES string of the molecule is CC(=O)OC1CC[C@@]2(C)C(=CC[C@H]3[C@@H]4C=CC[C@@]4(C)CC[C@@H]32)C1. The topological polar surface area (TPSA) is 26.3 Å². The molecule has 0 aliphatic heterocycles. The Hall–Kier alpha value is -1.05. The molecule has 0 heterocycles. The van der Waals surface area contributed by atoms with Gasteiger partial charge in [-0.05, 0) is 67.1 Å². The van der Waals surface area contributed by atoms with Crippen molar-refractivity contribution in [3.63, 3.8) is 0 Å². The van der Waals surface area contributed by atoms with Crippen molar-refractivity contribution in [2.24, 2.45) is 28.6 Å². The summed E-state index contributed by atoms with van der Waals surface area (Å²) in [6.45, 7) is 6.54. The van der Waals surface area contributed by atoms with E-state index < -0.39 is 0 Å². The fourth-order valence-corrected chi connectivity index (χ4v) is 6.39. The van der Waals surface area contributed by atoms with Gasteiger partial charge in [0, 0.05) is 13.3 Å². The van der Waals surface area contributed by atoms with Crippen molar-refractivity contribution in [1.29, 1.82) is 0 Å². The maximum absolute atomic E-state index is 11.3. The number of ether oxygens (including phenoxy) is 1. The van der Waals surface area contributed by atoms with Crippen LogP contribution in [0.15, 0.2) is 23.8 Å². The van der Waals surface area contributed by atoms with E-state index >= 15 is 0 Å². The van der Waals surface area contributed by atoms with E-state index in [0.717, 1.165) is 30.6 Å². The van der Waals surface area contributed by atoms with Gasteiger partial charge in [-0.25, -0.2) is 0 Å². The summed E-state index contributed by atoms with van der Waals surface area (Å²) in [5, 5.41) is 0. The first-order valence-corrected chi connectivity index (χ1v) is 9.46. The van der Waals surface area contributed by atoms with Crippen LogP contribution in [0.5, 0.6) is 0 Å². The number of hydrogen-bond donors (Lipinski definition) is 0. The van der Waals surface area contributed by atoms with Crippen LogP contribution in [0.2, 0.25) is 0 Å². The zero-order chi connectivity index (χ0) is 16.2. The highest BCUT2D eigenvalue weighted by Gasteiger charge is 2.54. The summed E-state index contributed by atoms with van der Waals surface area (Å²) >= 11 is 0. The maximum atomic E-state index is 11.3. The summed E-state index contributed by atoms with van der Waals surface area (Å²) in [4.78, 5) is 11.3. The summed E-state index contributed by atoms with van der Waals surface area (Å²) in [6, 6.07) is 0. The minimum absolute atomic E-state index is 0.114. The number of esters is 1. The van der Waals surface area contributed by atoms with Gasteiger partial charge in [-0.3, -0.25) is 4.79 Å². The van der Waals surface area contributed by atoms with Gasteiger partial charge in [0.2, 0.25) is 0 Å². The zero-order valence-electron chi connectivity index (χ0n) is 14.8. The summed E-state index contributed by atoms with van der Waals surface area (Å²) in [5.74, 6) is 2.30. The molecule has 23 heavy (non-hydrogen) atoms. The molecule has 1 unspecified atom stereocenters. The second-order valence-electron chi connectivity index (χ2n) is 8.98. The van der Waals surface area contributed by atoms with E-state index in [1.54, 1.807) is 5.57 Å². The van der Waals surface area contributed by atoms with Crippen molar-refractivity contribution in [2.45, 2.75) is 71.8 Å². The molecular weight excluding hydrogens is 284 g/mol. The van der Waals surface area contributed by atoms with E-state index in [9.17, 15) is 4.79 Å². The normalized spacial score (nSPS) is 48.0. The summed E-state index contributed by atoms with van der Waals surface area (Å²) in [5.41, 5.74) is 2.46. The summed E-state index contributed by atoms with van der Waals surface area (Å²) < 4.78 is 5.52. The van der Waals surface area contributed by atoms with Crippen LogP contribution in [-0.2, 0) is 9.53 Å². The summed E-state index contributed by atoms with van der Waals surface area (Å²) in [7, 11) is 0. The van der Waals surface area contributed by atoms with Crippen molar-refractivity contribution < 1.29 is 9.53 Å². The highest BCUT2D eigenvalue weighted by molar-refractivity contribution is 5.66. The lowest BCUT2D eigenvalue weighted by Gasteiger charge is -2.57. The molecule has 0 bridgehead atoms. The van der Waals surface area contributed by atoms with Gasteiger partial charge in [-0.15, -0.1) is 0 Å². The highest BCUT2D eigenvalue weighted by atomic mass is 16.5. The fourth-order valence-electron chi connectivity index (χ4n) is 6.39. The molecule has 4 aliphatic carbocycles. The lowest BCUT2D eigenvalue weighted by atomic mass is 9.48. The first-order valence-electron chi connectivity index (χ1n) is 9.46. The number of rotatable bonds is 1. The number of fused-ring (bicyclic) bond motifs is 5. The molecule has 0 saturated heterocycles. The van der Waals surface area contributed by atoms with Gasteiger partial charge in [-0.2, -0.15) is 0 Å². The quantitative estimate of drug-likeness (QED) is 0.500. The molecule has 2 nitrogen and oxygen atoms in total. The monoisotopic (exact) mass is 314 g/mol. The lowest BCUT2D eigenvalue weighted by Crippen LogP contribution is -2.49. The molecule has 2 heteroatoms. The molecular formula is C21H30O2. The van der Waals surface area contributed by atoms with Gasteiger partial charge in [-0.1, -0.05) is 37.6 Å². The van der Waals surface area contributed by atoms with E-state index in [-0.39, 0.29) is 12.1 Å². The Morgan fingerprint density at radius 1 is 1.26 bits per heavy atom. The van der Waals surface area contributed by atoms with Gasteiger partial charge in [0.25, 0.3) is 0 Å². The van der Waals surface area contributed by atoms with Crippen LogP contribution in [0.3, 0.4) is 0 Å². The lowest BCUT2D eigenvalue weighted by molar-refractivity contribution is -0.148. The number of carbonyl (C=O) groups excluding carboxylic acids is 1. The van der Waals surface area contributed by atoms with E-state index in [4.69, 9.17) is 4.74 Å². The first-order chi connectivity index (χ1) is 10.9. The Balaban J connectivity index is 1.59. The minimum atomic E-state index is -0.127. The third kappa shape index (κ3) is 2.32. The molecule has 0 spiro atoms. The first kappa shape index (κ1) is 15.5. The molecule has 0 aromatic rings. The van der Waals surface area contributed by atoms with Gasteiger partial charge < -0.3 is 4.74 Å². The van der Waals surface area contributed by atoms with Crippen molar-refractivity contribution in [2.75, 3.05) is 0 Å². The van der Waals surface area contributed by atoms with Gasteiger partial charge in [0.15, 0.2) is 0 Å². The molecule has 6 atom stereocenters. The van der Waals surface area contributed by atoms with Gasteiger partial charge in [0.05, 0.1) is 0 Å². The molecule has 2 saturated carbocycles. The number of hydrogen-bond acceptors (Lipinski definition) is 2. The van der Waals surface area contributed by atoms with Crippen LogP contribution in [0.1, 0.15) is 65.7 Å². The van der Waals surface area contributed by atoms with Gasteiger partial charge >= 0.3 is 5.97 Å². The fraction of sp³-hybridized carbons (Fsp3) is 0.762. The Kier molecular flexibility index (Phi) is 3.52. The Morgan fingerprint density at radius 3 is 2.87 bits per heavy atom. The van der Waals surface area contributed by atoms with Crippen LogP contribution in [-0.4, -0.2) is 12.1 Å². The largest absolute Gasteiger partial charge is 0.462 e. The average Bonchev–Trinajstić information content (AvgIpc) is 2.89. The maximum Gasteiger partial charge on any atom is 0.302 e. The summed E-state index contributed by atoms with van der Waals surface area (Å²) in [6.07, 6.45) is 16.1. The van der Waals surface area contributed by atoms with Gasteiger partial charge in [0.1, 0.15) is 6.10 Å². The average molecular weight is 314 g/mol. The van der Waals surface area contributed by atoms with Crippen molar-refractivity contribution in [1.82, 2.24) is 0 Å². The standard InChI is InChI=1S/C21H30O2/c1-14(22)23-16-8-12-21(3)15(13-16)6-7-17-18-5-4-10-20(18,2)11-9-19(17)21/h4-6,16-19H,7-13H2,1-3H3/t16?,17-,18-,19-,20-,21-/m0/s1. The van der Waals surface area contributed by atoms with E-state index in [1.165, 1.54) is 39.0 Å². The molecule has 4 rings (SSSR count). The molecule has 2 fully saturated rings. The predicted octanol–water partition coefficient (Wildman–Crippen LogP) is 5.05. The molecule has 0 radical (unpaired) electrons. The van der Waals surface area contributed by atoms with Crippen molar-refractivity contribution >= 4 is 5.97 Å². The minimum Gasteiger partial charge on any atom is -0.462 e. The molecule has 0 N–H and O–H groups in total. The smallest absolute Gasteiger partial charge is 0.302 e. The number of allylic oxidation sites excluding steroid dienone is 3. The highest BCUT2D eigenvalue weighted by Crippen LogP contribution is 2.63. The van der Waals surface area contributed by atoms with Crippen LogP contribution >= 0.6 is 0 Å². The van der Waals surface area contributed by atoms with E-state index in [1.807, 2.05) is 0 Å². The van der Waals surface area contributed by atoms with Crippen LogP contribution in [0.4, 0.5) is 0 Å². The van der Waals surface area contributed by atoms with Crippen LogP contribution in [0, 0.1) is 28.6 Å². The van der Waals surface area contributed by atoms with E-state index in [0.29, 0.717) is 10.8 Å². The molecule has 0 aromatic heterocycles. The second-order valence-corrected chi connectivity index (χ2v) is 8.98. The third-order valence-electron chi connectivity index (χ3n) is 7.69. The zero-order valence-corrected chi connectivity index (χ0v) is 14.8. The number of carbonyl (C=O) groups is 1. The Labute approximate surface area is 140 Å². The Morgan fingerprint density at radius 2 is 2.09 bits per heavy atom. The van der Waals surface area contributed by atoms with Crippen LogP contribution in [0.25, 0.3) is 0 Å². The van der Waals surface area contributed by atoms with Crippen LogP contribution < -0.4 is 0 Å². The van der Waals surface area contributed by atoms with E-state index in [2.05, 4.69) is 32.1 Å². The second kappa shape index (κ2) is 5.22. The predicted molar refractivity (Wildman–Crippen MR) is 91.8 cm³/mol. The molecule has 0 amide bonds. The molecule has 126 valence electrons. The third-order valence-corrected chi connectivity index (χ3v) is 7.69. The Bertz CT molecular complexity index is 574. The molecule has 0 aromatic carbocycles.